The Hall–Kier alpha value is -3.81. The van der Waals surface area contributed by atoms with Gasteiger partial charge >= 0.3 is 5.69 Å². The molecule has 1 N–H and O–H groups in total. The van der Waals surface area contributed by atoms with Gasteiger partial charge in [-0.1, -0.05) is 27.7 Å². The Morgan fingerprint density at radius 3 is 1.98 bits per heavy atom. The molecule has 0 aromatic heterocycles. The molecule has 0 spiro atoms. The number of hydrogen-bond acceptors (Lipinski definition) is 9. The van der Waals surface area contributed by atoms with Crippen LogP contribution in [0.3, 0.4) is 0 Å². The highest BCUT2D eigenvalue weighted by Crippen LogP contribution is 2.52. The summed E-state index contributed by atoms with van der Waals surface area (Å²) in [5, 5.41) is 26.5. The zero-order valence-electron chi connectivity index (χ0n) is 24.5. The first kappa shape index (κ1) is 30.6. The fourth-order valence-corrected chi connectivity index (χ4v) is 7.03. The lowest BCUT2D eigenvalue weighted by molar-refractivity contribution is -0.394. The molecule has 2 aliphatic carbocycles. The quantitative estimate of drug-likeness (QED) is 0.179. The van der Waals surface area contributed by atoms with E-state index in [9.17, 15) is 29.8 Å². The molecule has 2 aromatic carbocycles. The van der Waals surface area contributed by atoms with E-state index in [1.165, 1.54) is 6.07 Å². The Balaban J connectivity index is 1.66. The minimum atomic E-state index is -0.743. The van der Waals surface area contributed by atoms with E-state index in [0.717, 1.165) is 23.5 Å². The average molecular weight is 702 g/mol. The van der Waals surface area contributed by atoms with E-state index in [-0.39, 0.29) is 46.3 Å². The van der Waals surface area contributed by atoms with E-state index in [4.69, 9.17) is 9.47 Å². The third-order valence-corrected chi connectivity index (χ3v) is 8.75. The highest BCUT2D eigenvalue weighted by molar-refractivity contribution is 14.1. The van der Waals surface area contributed by atoms with E-state index in [0.29, 0.717) is 46.0 Å². The number of Topliss-reactive ketones (excluding diaryl/α,β-unsaturated/α-hetero) is 2. The van der Waals surface area contributed by atoms with Gasteiger partial charge in [0.05, 0.1) is 26.1 Å². The average Bonchev–Trinajstić information content (AvgIpc) is 2.87. The number of nitrogens with one attached hydrogen (secondary N) is 1. The lowest BCUT2D eigenvalue weighted by Gasteiger charge is -2.44. The predicted octanol–water partition coefficient (Wildman–Crippen LogP) is 7.27. The van der Waals surface area contributed by atoms with Crippen molar-refractivity contribution in [2.75, 3.05) is 6.61 Å². The summed E-state index contributed by atoms with van der Waals surface area (Å²) in [4.78, 5) is 48.9. The first-order chi connectivity index (χ1) is 20.1. The first-order valence-corrected chi connectivity index (χ1v) is 15.0. The number of ketones is 2. The van der Waals surface area contributed by atoms with E-state index < -0.39 is 27.1 Å². The number of ether oxygens (including phenoxy) is 2. The number of carbonyl (C=O) groups is 2. The van der Waals surface area contributed by atoms with Crippen LogP contribution in [0.2, 0.25) is 0 Å². The van der Waals surface area contributed by atoms with E-state index in [1.807, 2.05) is 22.6 Å². The molecule has 12 heteroatoms. The van der Waals surface area contributed by atoms with Crippen LogP contribution >= 0.6 is 22.6 Å². The van der Waals surface area contributed by atoms with Gasteiger partial charge in [-0.05, 0) is 76.9 Å². The molecule has 43 heavy (non-hydrogen) atoms. The van der Waals surface area contributed by atoms with E-state index >= 15 is 0 Å². The summed E-state index contributed by atoms with van der Waals surface area (Å²) >= 11 is 2.04. The molecule has 0 atom stereocenters. The molecule has 0 saturated heterocycles. The molecule has 0 fully saturated rings. The number of dihydropyridines is 1. The maximum absolute atomic E-state index is 13.7. The number of allylic oxidation sites excluding steroid dienone is 4. The molecule has 0 amide bonds. The van der Waals surface area contributed by atoms with Crippen molar-refractivity contribution < 1.29 is 28.9 Å². The number of halogens is 1. The third kappa shape index (κ3) is 5.89. The van der Waals surface area contributed by atoms with Crippen LogP contribution in [-0.2, 0) is 9.59 Å². The highest BCUT2D eigenvalue weighted by atomic mass is 127. The van der Waals surface area contributed by atoms with Crippen LogP contribution in [0.4, 0.5) is 11.4 Å². The van der Waals surface area contributed by atoms with Crippen molar-refractivity contribution in [3.05, 3.63) is 82.2 Å². The van der Waals surface area contributed by atoms with Crippen LogP contribution < -0.4 is 14.8 Å². The predicted molar refractivity (Wildman–Crippen MR) is 166 cm³/mol. The molecule has 2 aromatic rings. The van der Waals surface area contributed by atoms with Gasteiger partial charge in [-0.15, -0.1) is 0 Å². The summed E-state index contributed by atoms with van der Waals surface area (Å²) in [5.74, 6) is -0.354. The molecule has 0 unspecified atom stereocenters. The number of non-ortho nitro benzene ring substituents is 1. The van der Waals surface area contributed by atoms with Crippen LogP contribution in [0.5, 0.6) is 17.2 Å². The summed E-state index contributed by atoms with van der Waals surface area (Å²) in [6.45, 7) is 10.3. The van der Waals surface area contributed by atoms with Gasteiger partial charge in [0.15, 0.2) is 23.1 Å². The number of hydrogen-bond donors (Lipinski definition) is 1. The zero-order chi connectivity index (χ0) is 31.4. The van der Waals surface area contributed by atoms with Gasteiger partial charge in [-0.25, -0.2) is 0 Å². The van der Waals surface area contributed by atoms with Gasteiger partial charge in [0.2, 0.25) is 5.75 Å². The topological polar surface area (TPSA) is 151 Å². The second kappa shape index (κ2) is 11.0. The van der Waals surface area contributed by atoms with Crippen LogP contribution in [-0.4, -0.2) is 28.0 Å². The molecule has 5 rings (SSSR count). The summed E-state index contributed by atoms with van der Waals surface area (Å²) in [6.07, 6.45) is 2.03. The summed E-state index contributed by atoms with van der Waals surface area (Å²) < 4.78 is 12.5. The number of rotatable bonds is 7. The van der Waals surface area contributed by atoms with Crippen LogP contribution in [0, 0.1) is 34.6 Å². The van der Waals surface area contributed by atoms with Crippen molar-refractivity contribution in [1.29, 1.82) is 0 Å². The Kier molecular flexibility index (Phi) is 7.86. The smallest absolute Gasteiger partial charge is 0.318 e. The molecule has 0 bridgehead atoms. The minimum absolute atomic E-state index is 0.0114. The van der Waals surface area contributed by atoms with Crippen molar-refractivity contribution in [3.63, 3.8) is 0 Å². The van der Waals surface area contributed by atoms with Crippen LogP contribution in [0.1, 0.15) is 71.8 Å². The monoisotopic (exact) mass is 701 g/mol. The standard InChI is InChI=1S/C31H32IN3O8/c1-6-42-25-10-16(9-18(32)29(25)43-24-8-7-17(34(38)39)11-21(24)35(40)41)26-27-19(12-30(2,3)14-22(27)36)33-20-13-31(4,5)15-23(37)28(20)26/h7-11,26,33H,6,12-15H2,1-5H3. The fraction of sp³-hybridized carbons (Fsp3) is 0.419. The minimum Gasteiger partial charge on any atom is -0.490 e. The van der Waals surface area contributed by atoms with Crippen LogP contribution in [0.25, 0.3) is 0 Å². The fourth-order valence-electron chi connectivity index (χ4n) is 6.30. The largest absolute Gasteiger partial charge is 0.490 e. The second-order valence-corrected chi connectivity index (χ2v) is 13.9. The van der Waals surface area contributed by atoms with Crippen molar-refractivity contribution in [2.45, 2.75) is 66.2 Å². The van der Waals surface area contributed by atoms with Crippen molar-refractivity contribution >= 4 is 45.5 Å². The van der Waals surface area contributed by atoms with Gasteiger partial charge in [-0.2, -0.15) is 0 Å². The Morgan fingerprint density at radius 2 is 1.47 bits per heavy atom. The van der Waals surface area contributed by atoms with Crippen LogP contribution in [0.15, 0.2) is 52.9 Å². The Labute approximate surface area is 262 Å². The van der Waals surface area contributed by atoms with E-state index in [1.54, 1.807) is 19.1 Å². The van der Waals surface area contributed by atoms with Crippen molar-refractivity contribution in [3.8, 4) is 17.2 Å². The molecule has 0 radical (unpaired) electrons. The second-order valence-electron chi connectivity index (χ2n) is 12.8. The molecule has 226 valence electrons. The lowest BCUT2D eigenvalue weighted by Crippen LogP contribution is -2.42. The summed E-state index contributed by atoms with van der Waals surface area (Å²) in [5.41, 5.74) is 2.06. The summed E-state index contributed by atoms with van der Waals surface area (Å²) in [6, 6.07) is 6.69. The highest BCUT2D eigenvalue weighted by Gasteiger charge is 2.46. The number of nitro groups is 2. The van der Waals surface area contributed by atoms with Crippen molar-refractivity contribution in [2.24, 2.45) is 10.8 Å². The molecule has 11 nitrogen and oxygen atoms in total. The SMILES string of the molecule is CCOc1cc(C2C3=C(CC(C)(C)CC3=O)NC3=C2C(=O)CC(C)(C)C3)cc(I)c1Oc1ccc([N+](=O)[O-])cc1[N+](=O)[O-]. The molecule has 1 heterocycles. The van der Waals surface area contributed by atoms with Gasteiger partial charge in [0.1, 0.15) is 0 Å². The Bertz CT molecular complexity index is 1600. The first-order valence-electron chi connectivity index (χ1n) is 14.0. The molecular formula is C31H32IN3O8. The maximum atomic E-state index is 13.7. The molecular weight excluding hydrogens is 669 g/mol. The maximum Gasteiger partial charge on any atom is 0.318 e. The van der Waals surface area contributed by atoms with E-state index in [2.05, 4.69) is 33.0 Å². The molecule has 0 saturated carbocycles. The number of benzene rings is 2. The summed E-state index contributed by atoms with van der Waals surface area (Å²) in [7, 11) is 0. The number of carbonyl (C=O) groups excluding carboxylic acids is 2. The van der Waals surface area contributed by atoms with Gasteiger partial charge < -0.3 is 14.8 Å². The van der Waals surface area contributed by atoms with Gasteiger partial charge in [0, 0.05) is 47.4 Å². The number of nitro benzene ring substituents is 2. The van der Waals surface area contributed by atoms with Gasteiger partial charge in [-0.3, -0.25) is 29.8 Å². The zero-order valence-corrected chi connectivity index (χ0v) is 26.7. The van der Waals surface area contributed by atoms with Crippen molar-refractivity contribution in [1.82, 2.24) is 5.32 Å². The number of nitrogens with zero attached hydrogens (tertiary/aromatic N) is 2. The van der Waals surface area contributed by atoms with Gasteiger partial charge in [0.25, 0.3) is 5.69 Å². The third-order valence-electron chi connectivity index (χ3n) is 7.95. The lowest BCUT2D eigenvalue weighted by atomic mass is 9.64. The Morgan fingerprint density at radius 1 is 0.884 bits per heavy atom. The molecule has 1 aliphatic heterocycles. The normalized spacial score (nSPS) is 19.4. The molecule has 3 aliphatic rings.